The molecule has 1 aliphatic rings. The van der Waals surface area contributed by atoms with Crippen LogP contribution in [0, 0.1) is 5.41 Å². The van der Waals surface area contributed by atoms with Gasteiger partial charge in [-0.3, -0.25) is 0 Å². The van der Waals surface area contributed by atoms with Crippen molar-refractivity contribution in [3.8, 4) is 22.6 Å². The lowest BCUT2D eigenvalue weighted by Crippen LogP contribution is -2.40. The summed E-state index contributed by atoms with van der Waals surface area (Å²) in [6, 6.07) is 11.8. The Morgan fingerprint density at radius 1 is 1.19 bits per heavy atom. The smallest absolute Gasteiger partial charge is 0.405 e. The third kappa shape index (κ3) is 3.21. The van der Waals surface area contributed by atoms with Crippen LogP contribution in [0.25, 0.3) is 11.1 Å². The number of benzene rings is 2. The number of fused-ring (bicyclic) bond motifs is 1. The highest BCUT2D eigenvalue weighted by molar-refractivity contribution is 5.75. The van der Waals surface area contributed by atoms with Crippen LogP contribution in [0.1, 0.15) is 37.4 Å². The Balaban J connectivity index is 2.07. The fourth-order valence-electron chi connectivity index (χ4n) is 3.80. The average Bonchev–Trinajstić information content (AvgIpc) is 2.62. The number of hydrogen-bond acceptors (Lipinski definition) is 3. The summed E-state index contributed by atoms with van der Waals surface area (Å²) in [7, 11) is 3.26. The highest BCUT2D eigenvalue weighted by Gasteiger charge is 2.37. The zero-order chi connectivity index (χ0) is 18.9. The summed E-state index contributed by atoms with van der Waals surface area (Å²) < 4.78 is 11.0. The minimum atomic E-state index is -0.991. The third-order valence-electron chi connectivity index (χ3n) is 5.26. The van der Waals surface area contributed by atoms with Gasteiger partial charge in [0.2, 0.25) is 0 Å². The van der Waals surface area contributed by atoms with Crippen LogP contribution < -0.4 is 14.8 Å². The lowest BCUT2D eigenvalue weighted by Gasteiger charge is -2.40. The van der Waals surface area contributed by atoms with E-state index >= 15 is 0 Å². The molecule has 2 aromatic carbocycles. The molecule has 5 heteroatoms. The fraction of sp³-hybridized carbons (Fsp3) is 0.381. The van der Waals surface area contributed by atoms with Crippen molar-refractivity contribution in [2.75, 3.05) is 14.2 Å². The molecular weight excluding hydrogens is 330 g/mol. The van der Waals surface area contributed by atoms with Crippen LogP contribution in [-0.4, -0.2) is 25.4 Å². The van der Waals surface area contributed by atoms with E-state index in [2.05, 4.69) is 25.2 Å². The lowest BCUT2D eigenvalue weighted by atomic mass is 9.70. The van der Waals surface area contributed by atoms with E-state index in [1.54, 1.807) is 14.2 Å². The second-order valence-corrected chi connectivity index (χ2v) is 7.33. The van der Waals surface area contributed by atoms with Gasteiger partial charge >= 0.3 is 6.09 Å². The van der Waals surface area contributed by atoms with E-state index in [1.807, 2.05) is 30.3 Å². The standard InChI is InChI=1S/C21H25NO4/c1-21(2)11-10-14-12-13(8-9-16(14)19(21)22-20(23)24)15-6-5-7-17(25-3)18(15)26-4/h5-9,12,19,22H,10-11H2,1-4H3,(H,23,24)/t19-/m1/s1. The Bertz CT molecular complexity index is 829. The Kier molecular flexibility index (Phi) is 4.81. The predicted octanol–water partition coefficient (Wildman–Crippen LogP) is 4.65. The third-order valence-corrected chi connectivity index (χ3v) is 5.26. The van der Waals surface area contributed by atoms with Crippen LogP contribution >= 0.6 is 0 Å². The van der Waals surface area contributed by atoms with Gasteiger partial charge in [-0.15, -0.1) is 0 Å². The number of aryl methyl sites for hydroxylation is 1. The summed E-state index contributed by atoms with van der Waals surface area (Å²) in [4.78, 5) is 11.3. The largest absolute Gasteiger partial charge is 0.493 e. The molecule has 0 saturated carbocycles. The van der Waals surface area contributed by atoms with Gasteiger partial charge in [0.25, 0.3) is 0 Å². The number of rotatable bonds is 4. The number of carbonyl (C=O) groups is 1. The summed E-state index contributed by atoms with van der Waals surface area (Å²) >= 11 is 0. The molecule has 3 rings (SSSR count). The molecule has 1 atom stereocenters. The molecule has 0 heterocycles. The van der Waals surface area contributed by atoms with Crippen LogP contribution in [0.5, 0.6) is 11.5 Å². The van der Waals surface area contributed by atoms with E-state index < -0.39 is 6.09 Å². The molecular formula is C21H25NO4. The van der Waals surface area contributed by atoms with Crippen molar-refractivity contribution in [3.63, 3.8) is 0 Å². The number of amides is 1. The van der Waals surface area contributed by atoms with Gasteiger partial charge in [0, 0.05) is 5.56 Å². The molecule has 0 spiro atoms. The minimum absolute atomic E-state index is 0.124. The quantitative estimate of drug-likeness (QED) is 0.837. The molecule has 0 fully saturated rings. The van der Waals surface area contributed by atoms with E-state index in [-0.39, 0.29) is 11.5 Å². The van der Waals surface area contributed by atoms with Gasteiger partial charge in [0.15, 0.2) is 11.5 Å². The zero-order valence-corrected chi connectivity index (χ0v) is 15.6. The normalized spacial score (nSPS) is 17.9. The second kappa shape index (κ2) is 6.90. The van der Waals surface area contributed by atoms with Gasteiger partial charge in [0.1, 0.15) is 0 Å². The van der Waals surface area contributed by atoms with E-state index in [0.29, 0.717) is 11.5 Å². The molecule has 2 N–H and O–H groups in total. The molecule has 1 aliphatic carbocycles. The average molecular weight is 355 g/mol. The Labute approximate surface area is 153 Å². The van der Waals surface area contributed by atoms with Gasteiger partial charge in [-0.25, -0.2) is 4.79 Å². The van der Waals surface area contributed by atoms with Crippen LogP contribution in [0.2, 0.25) is 0 Å². The highest BCUT2D eigenvalue weighted by Crippen LogP contribution is 2.45. The molecule has 2 aromatic rings. The molecule has 138 valence electrons. The first-order chi connectivity index (χ1) is 12.4. The predicted molar refractivity (Wildman–Crippen MR) is 101 cm³/mol. The Morgan fingerprint density at radius 3 is 2.62 bits per heavy atom. The van der Waals surface area contributed by atoms with Gasteiger partial charge in [-0.1, -0.05) is 44.2 Å². The Hall–Kier alpha value is -2.69. The van der Waals surface area contributed by atoms with Crippen molar-refractivity contribution in [1.29, 1.82) is 0 Å². The number of hydrogen-bond donors (Lipinski definition) is 2. The number of carboxylic acid groups (broad SMARTS) is 1. The van der Waals surface area contributed by atoms with Crippen molar-refractivity contribution < 1.29 is 19.4 Å². The van der Waals surface area contributed by atoms with Gasteiger partial charge in [-0.05, 0) is 41.0 Å². The monoisotopic (exact) mass is 355 g/mol. The number of ether oxygens (including phenoxy) is 2. The zero-order valence-electron chi connectivity index (χ0n) is 15.6. The van der Waals surface area contributed by atoms with Crippen LogP contribution in [0.15, 0.2) is 36.4 Å². The fourth-order valence-corrected chi connectivity index (χ4v) is 3.80. The summed E-state index contributed by atoms with van der Waals surface area (Å²) in [5.41, 5.74) is 4.09. The maximum Gasteiger partial charge on any atom is 0.405 e. The maximum absolute atomic E-state index is 11.3. The molecule has 0 unspecified atom stereocenters. The van der Waals surface area contributed by atoms with Crippen LogP contribution in [-0.2, 0) is 6.42 Å². The first-order valence-electron chi connectivity index (χ1n) is 8.71. The molecule has 0 saturated heterocycles. The molecule has 0 aliphatic heterocycles. The van der Waals surface area contributed by atoms with Crippen molar-refractivity contribution in [1.82, 2.24) is 5.32 Å². The van der Waals surface area contributed by atoms with Crippen LogP contribution in [0.4, 0.5) is 4.79 Å². The number of para-hydroxylation sites is 1. The van der Waals surface area contributed by atoms with Crippen LogP contribution in [0.3, 0.4) is 0 Å². The van der Waals surface area contributed by atoms with Gasteiger partial charge < -0.3 is 19.9 Å². The summed E-state index contributed by atoms with van der Waals surface area (Å²) in [5.74, 6) is 1.39. The molecule has 1 amide bonds. The van der Waals surface area contributed by atoms with Crippen molar-refractivity contribution in [2.24, 2.45) is 5.41 Å². The minimum Gasteiger partial charge on any atom is -0.493 e. The van der Waals surface area contributed by atoms with E-state index in [9.17, 15) is 9.90 Å². The summed E-state index contributed by atoms with van der Waals surface area (Å²) in [6.07, 6.45) is 0.846. The van der Waals surface area contributed by atoms with E-state index in [0.717, 1.165) is 29.5 Å². The number of nitrogens with one attached hydrogen (secondary N) is 1. The maximum atomic E-state index is 11.3. The number of methoxy groups -OCH3 is 2. The van der Waals surface area contributed by atoms with E-state index in [4.69, 9.17) is 9.47 Å². The van der Waals surface area contributed by atoms with Crippen molar-refractivity contribution in [3.05, 3.63) is 47.5 Å². The van der Waals surface area contributed by atoms with E-state index in [1.165, 1.54) is 5.56 Å². The van der Waals surface area contributed by atoms with Crippen molar-refractivity contribution in [2.45, 2.75) is 32.7 Å². The first-order valence-corrected chi connectivity index (χ1v) is 8.71. The summed E-state index contributed by atoms with van der Waals surface area (Å²) in [5, 5.41) is 11.9. The van der Waals surface area contributed by atoms with Gasteiger partial charge in [0.05, 0.1) is 20.3 Å². The molecule has 0 radical (unpaired) electrons. The summed E-state index contributed by atoms with van der Waals surface area (Å²) in [6.45, 7) is 4.21. The topological polar surface area (TPSA) is 67.8 Å². The molecule has 0 bridgehead atoms. The second-order valence-electron chi connectivity index (χ2n) is 7.33. The Morgan fingerprint density at radius 2 is 1.96 bits per heavy atom. The lowest BCUT2D eigenvalue weighted by molar-refractivity contribution is 0.161. The first kappa shape index (κ1) is 18.1. The molecule has 0 aromatic heterocycles. The molecule has 26 heavy (non-hydrogen) atoms. The highest BCUT2D eigenvalue weighted by atomic mass is 16.5. The SMILES string of the molecule is COc1cccc(-c2ccc3c(c2)CCC(C)(C)[C@@H]3NC(=O)O)c1OC. The molecule has 5 nitrogen and oxygen atoms in total. The van der Waals surface area contributed by atoms with Crippen molar-refractivity contribution >= 4 is 6.09 Å². The van der Waals surface area contributed by atoms with Gasteiger partial charge in [-0.2, -0.15) is 0 Å².